The number of fused-ring (bicyclic) bond motifs is 2. The van der Waals surface area contributed by atoms with Crippen LogP contribution < -0.4 is 4.90 Å². The van der Waals surface area contributed by atoms with E-state index in [2.05, 4.69) is 6.58 Å². The van der Waals surface area contributed by atoms with Crippen molar-refractivity contribution in [1.82, 2.24) is 4.90 Å². The molecule has 2 bridgehead atoms. The number of nitrogens with zero attached hydrogens (tertiary/aromatic N) is 2. The van der Waals surface area contributed by atoms with Gasteiger partial charge in [0.1, 0.15) is 11.6 Å². The summed E-state index contributed by atoms with van der Waals surface area (Å²) >= 11 is 0. The Morgan fingerprint density at radius 3 is 2.51 bits per heavy atom. The van der Waals surface area contributed by atoms with E-state index in [1.165, 1.54) is 4.90 Å². The molecule has 6 rings (SSSR count). The van der Waals surface area contributed by atoms with Crippen LogP contribution in [-0.4, -0.2) is 63.8 Å². The number of carbonyl (C=O) groups excluding carboxylic acids is 2. The molecule has 3 aliphatic heterocycles. The number of hydrogen-bond acceptors (Lipinski definition) is 5. The van der Waals surface area contributed by atoms with E-state index in [1.54, 1.807) is 35.2 Å². The van der Waals surface area contributed by atoms with Gasteiger partial charge in [0.25, 0.3) is 5.91 Å². The minimum Gasteiger partial charge on any atom is -0.481 e. The molecule has 0 aliphatic carbocycles. The highest BCUT2D eigenvalue weighted by Gasteiger charge is 2.75. The summed E-state index contributed by atoms with van der Waals surface area (Å²) in [5, 5.41) is 22.6. The molecule has 0 radical (unpaired) electrons. The van der Waals surface area contributed by atoms with Gasteiger partial charge in [-0.2, -0.15) is 0 Å². The van der Waals surface area contributed by atoms with Crippen LogP contribution in [0.2, 0.25) is 0 Å². The fraction of sp³-hybridized carbons (Fsp3) is 0.323. The maximum Gasteiger partial charge on any atom is 0.310 e. The Bertz CT molecular complexity index is 1460. The van der Waals surface area contributed by atoms with Gasteiger partial charge >= 0.3 is 5.97 Å². The van der Waals surface area contributed by atoms with Crippen LogP contribution in [0.5, 0.6) is 0 Å². The zero-order valence-corrected chi connectivity index (χ0v) is 21.3. The molecule has 2 unspecified atom stereocenters. The number of hydrogen-bond donors (Lipinski definition) is 2. The summed E-state index contributed by atoms with van der Waals surface area (Å²) in [4.78, 5) is 44.1. The second-order valence-corrected chi connectivity index (χ2v) is 10.5. The Hall–Kier alpha value is -4.01. The lowest BCUT2D eigenvalue weighted by atomic mass is 9.70. The van der Waals surface area contributed by atoms with E-state index in [-0.39, 0.29) is 12.5 Å². The van der Waals surface area contributed by atoms with Gasteiger partial charge in [0.05, 0.1) is 30.6 Å². The molecule has 3 fully saturated rings. The third kappa shape index (κ3) is 3.78. The Kier molecular flexibility index (Phi) is 6.24. The number of aliphatic hydroxyl groups is 1. The summed E-state index contributed by atoms with van der Waals surface area (Å²) in [6, 6.07) is 20.6. The van der Waals surface area contributed by atoms with E-state index in [4.69, 9.17) is 4.74 Å². The van der Waals surface area contributed by atoms with Gasteiger partial charge in [0.2, 0.25) is 5.91 Å². The molecule has 6 atom stereocenters. The molecule has 39 heavy (non-hydrogen) atoms. The van der Waals surface area contributed by atoms with Gasteiger partial charge in [0.15, 0.2) is 0 Å². The molecule has 3 aromatic carbocycles. The van der Waals surface area contributed by atoms with Crippen molar-refractivity contribution in [3.63, 3.8) is 0 Å². The largest absolute Gasteiger partial charge is 0.481 e. The first-order valence-corrected chi connectivity index (χ1v) is 13.2. The van der Waals surface area contributed by atoms with Gasteiger partial charge in [-0.05, 0) is 41.3 Å². The zero-order valence-electron chi connectivity index (χ0n) is 21.3. The SMILES string of the molecule is C=CCN(C(=O)C1N([C@H](CO)c2ccccc2)C(=O)[C@@H]2[C@@H](C(=O)O)[C@H]3CCC12O3)c1ccc2ccccc2c1. The van der Waals surface area contributed by atoms with E-state index in [0.29, 0.717) is 24.1 Å². The standard InChI is InChI=1S/C31H30N2O6/c1-2-16-32(22-13-12-19-8-6-7-11-21(19)17-22)29(36)27-31-15-14-24(39-31)25(30(37)38)26(31)28(35)33(27)23(18-34)20-9-4-3-5-10-20/h2-13,17,23-27,34H,1,14-16,18H2,(H,37,38)/t23-,24-,25+,26+,27?,31?/m1/s1. The molecular weight excluding hydrogens is 496 g/mol. The molecule has 3 aromatic rings. The first-order chi connectivity index (χ1) is 18.9. The number of carbonyl (C=O) groups is 3. The molecular formula is C31H30N2O6. The number of aliphatic hydroxyl groups excluding tert-OH is 1. The van der Waals surface area contributed by atoms with E-state index >= 15 is 0 Å². The summed E-state index contributed by atoms with van der Waals surface area (Å²) in [5.41, 5.74) is -0.00116. The Balaban J connectivity index is 1.49. The highest BCUT2D eigenvalue weighted by atomic mass is 16.5. The average Bonchev–Trinajstić information content (AvgIpc) is 3.60. The van der Waals surface area contributed by atoms with Gasteiger partial charge in [-0.3, -0.25) is 14.4 Å². The minimum absolute atomic E-state index is 0.178. The molecule has 3 aliphatic rings. The molecule has 2 amide bonds. The topological polar surface area (TPSA) is 107 Å². The van der Waals surface area contributed by atoms with Gasteiger partial charge < -0.3 is 24.7 Å². The second-order valence-electron chi connectivity index (χ2n) is 10.5. The normalized spacial score (nSPS) is 27.9. The van der Waals surface area contributed by atoms with Crippen molar-refractivity contribution >= 4 is 34.2 Å². The quantitative estimate of drug-likeness (QED) is 0.435. The van der Waals surface area contributed by atoms with Crippen LogP contribution in [-0.2, 0) is 19.1 Å². The van der Waals surface area contributed by atoms with Crippen molar-refractivity contribution in [1.29, 1.82) is 0 Å². The number of benzene rings is 3. The Morgan fingerprint density at radius 2 is 1.82 bits per heavy atom. The highest BCUT2D eigenvalue weighted by molar-refractivity contribution is 6.05. The molecule has 0 saturated carbocycles. The number of rotatable bonds is 8. The van der Waals surface area contributed by atoms with E-state index in [1.807, 2.05) is 48.5 Å². The van der Waals surface area contributed by atoms with Crippen molar-refractivity contribution in [2.24, 2.45) is 11.8 Å². The van der Waals surface area contributed by atoms with Crippen LogP contribution in [0.3, 0.4) is 0 Å². The van der Waals surface area contributed by atoms with Crippen molar-refractivity contribution in [3.8, 4) is 0 Å². The minimum atomic E-state index is -1.29. The van der Waals surface area contributed by atoms with Gasteiger partial charge in [-0.25, -0.2) is 0 Å². The lowest BCUT2D eigenvalue weighted by Gasteiger charge is -2.39. The van der Waals surface area contributed by atoms with Crippen molar-refractivity contribution in [2.45, 2.75) is 36.6 Å². The maximum atomic E-state index is 14.7. The van der Waals surface area contributed by atoms with Crippen molar-refractivity contribution in [2.75, 3.05) is 18.1 Å². The van der Waals surface area contributed by atoms with E-state index < -0.39 is 54.1 Å². The van der Waals surface area contributed by atoms with Crippen LogP contribution in [0.15, 0.2) is 85.5 Å². The lowest BCUT2D eigenvalue weighted by molar-refractivity contribution is -0.151. The second kappa shape index (κ2) is 9.63. The first-order valence-electron chi connectivity index (χ1n) is 13.2. The molecule has 8 nitrogen and oxygen atoms in total. The molecule has 0 aromatic heterocycles. The van der Waals surface area contributed by atoms with Crippen LogP contribution in [0.4, 0.5) is 5.69 Å². The summed E-state index contributed by atoms with van der Waals surface area (Å²) in [6.45, 7) is 3.60. The Morgan fingerprint density at radius 1 is 1.10 bits per heavy atom. The predicted molar refractivity (Wildman–Crippen MR) is 145 cm³/mol. The number of amides is 2. The fourth-order valence-electron chi connectivity index (χ4n) is 6.96. The third-order valence-corrected chi connectivity index (χ3v) is 8.57. The average molecular weight is 527 g/mol. The smallest absolute Gasteiger partial charge is 0.310 e. The summed E-state index contributed by atoms with van der Waals surface area (Å²) < 4.78 is 6.36. The summed E-state index contributed by atoms with van der Waals surface area (Å²) in [6.07, 6.45) is 1.83. The number of ether oxygens (including phenoxy) is 1. The van der Waals surface area contributed by atoms with Crippen LogP contribution >= 0.6 is 0 Å². The number of anilines is 1. The van der Waals surface area contributed by atoms with E-state index in [9.17, 15) is 24.6 Å². The molecule has 200 valence electrons. The van der Waals surface area contributed by atoms with Gasteiger partial charge in [-0.1, -0.05) is 66.7 Å². The van der Waals surface area contributed by atoms with Crippen LogP contribution in [0, 0.1) is 11.8 Å². The number of carboxylic acid groups (broad SMARTS) is 1. The fourth-order valence-corrected chi connectivity index (χ4v) is 6.96. The number of aliphatic carboxylic acids is 1. The number of carboxylic acids is 1. The maximum absolute atomic E-state index is 14.7. The summed E-state index contributed by atoms with van der Waals surface area (Å²) in [7, 11) is 0. The van der Waals surface area contributed by atoms with Gasteiger partial charge in [0, 0.05) is 12.2 Å². The molecule has 1 spiro atoms. The van der Waals surface area contributed by atoms with Crippen molar-refractivity contribution in [3.05, 3.63) is 91.0 Å². The van der Waals surface area contributed by atoms with Gasteiger partial charge in [-0.15, -0.1) is 6.58 Å². The molecule has 2 N–H and O–H groups in total. The molecule has 8 heteroatoms. The molecule has 3 heterocycles. The predicted octanol–water partition coefficient (Wildman–Crippen LogP) is 3.55. The monoisotopic (exact) mass is 526 g/mol. The van der Waals surface area contributed by atoms with Crippen LogP contribution in [0.1, 0.15) is 24.4 Å². The zero-order chi connectivity index (χ0) is 27.3. The summed E-state index contributed by atoms with van der Waals surface area (Å²) in [5.74, 6) is -4.02. The van der Waals surface area contributed by atoms with Crippen LogP contribution in [0.25, 0.3) is 10.8 Å². The lowest BCUT2D eigenvalue weighted by Crippen LogP contribution is -2.57. The number of likely N-dealkylation sites (tertiary alicyclic amines) is 1. The third-order valence-electron chi connectivity index (χ3n) is 8.57. The first kappa shape index (κ1) is 25.3. The van der Waals surface area contributed by atoms with E-state index in [0.717, 1.165) is 10.8 Å². The van der Waals surface area contributed by atoms with Crippen molar-refractivity contribution < 1.29 is 29.3 Å². The highest BCUT2D eigenvalue weighted by Crippen LogP contribution is 2.60. The Labute approximate surface area is 226 Å². The molecule has 3 saturated heterocycles.